The molecule has 4 rings (SSSR count). The van der Waals surface area contributed by atoms with Crippen LogP contribution in [-0.4, -0.2) is 38.9 Å². The number of benzene rings is 3. The number of hydrogen-bond acceptors (Lipinski definition) is 4. The molecular formula is C26H29N5O. The van der Waals surface area contributed by atoms with Crippen molar-refractivity contribution in [3.05, 3.63) is 95.1 Å². The maximum atomic E-state index is 12.7. The fourth-order valence-corrected chi connectivity index (χ4v) is 3.82. The van der Waals surface area contributed by atoms with Crippen LogP contribution in [0.25, 0.3) is 11.0 Å². The van der Waals surface area contributed by atoms with Crippen LogP contribution in [0.5, 0.6) is 0 Å². The van der Waals surface area contributed by atoms with Crippen molar-refractivity contribution >= 4 is 16.9 Å². The largest absolute Gasteiger partial charge is 0.348 e. The Morgan fingerprint density at radius 1 is 0.906 bits per heavy atom. The molecule has 4 aromatic rings. The number of nitrogens with zero attached hydrogens (tertiary/aromatic N) is 4. The van der Waals surface area contributed by atoms with Gasteiger partial charge in [0.1, 0.15) is 5.52 Å². The summed E-state index contributed by atoms with van der Waals surface area (Å²) >= 11 is 0. The SMILES string of the molecule is CCN(CC)Cc1ccccc1CNC(=O)c1ccc(Cn2nnc3ccccc32)cc1. The van der Waals surface area contributed by atoms with Crippen LogP contribution in [0.2, 0.25) is 0 Å². The minimum atomic E-state index is -0.0691. The van der Waals surface area contributed by atoms with Crippen LogP contribution in [0.1, 0.15) is 40.9 Å². The Labute approximate surface area is 188 Å². The summed E-state index contributed by atoms with van der Waals surface area (Å²) in [6, 6.07) is 23.9. The third-order valence-corrected chi connectivity index (χ3v) is 5.81. The Morgan fingerprint density at radius 2 is 1.59 bits per heavy atom. The molecule has 1 N–H and O–H groups in total. The molecule has 1 heterocycles. The zero-order valence-electron chi connectivity index (χ0n) is 18.7. The van der Waals surface area contributed by atoms with Gasteiger partial charge in [0, 0.05) is 18.7 Å². The lowest BCUT2D eigenvalue weighted by atomic mass is 10.1. The van der Waals surface area contributed by atoms with E-state index in [1.54, 1.807) is 0 Å². The average molecular weight is 428 g/mol. The zero-order chi connectivity index (χ0) is 22.3. The molecule has 0 bridgehead atoms. The molecule has 1 amide bonds. The summed E-state index contributed by atoms with van der Waals surface area (Å²) in [5.41, 5.74) is 6.01. The Balaban J connectivity index is 1.38. The molecule has 0 aliphatic carbocycles. The standard InChI is InChI=1S/C26H29N5O/c1-3-30(4-2)19-23-10-6-5-9-22(23)17-27-26(32)21-15-13-20(14-16-21)18-31-25-12-8-7-11-24(25)28-29-31/h5-16H,3-4,17-19H2,1-2H3,(H,27,32). The zero-order valence-corrected chi connectivity index (χ0v) is 18.7. The molecule has 0 aliphatic rings. The van der Waals surface area contributed by atoms with Crippen LogP contribution in [0, 0.1) is 0 Å². The molecule has 0 spiro atoms. The number of hydrogen-bond donors (Lipinski definition) is 1. The number of fused-ring (bicyclic) bond motifs is 1. The second-order valence-corrected chi connectivity index (χ2v) is 7.85. The molecule has 6 heteroatoms. The number of amides is 1. The van der Waals surface area contributed by atoms with Crippen molar-refractivity contribution in [2.75, 3.05) is 13.1 Å². The van der Waals surface area contributed by atoms with Crippen molar-refractivity contribution in [3.8, 4) is 0 Å². The smallest absolute Gasteiger partial charge is 0.251 e. The first kappa shape index (κ1) is 21.7. The number of aromatic nitrogens is 3. The second-order valence-electron chi connectivity index (χ2n) is 7.85. The summed E-state index contributed by atoms with van der Waals surface area (Å²) in [5.74, 6) is -0.0691. The highest BCUT2D eigenvalue weighted by Crippen LogP contribution is 2.14. The van der Waals surface area contributed by atoms with Gasteiger partial charge in [-0.05, 0) is 54.0 Å². The first-order chi connectivity index (χ1) is 15.7. The van der Waals surface area contributed by atoms with Crippen molar-refractivity contribution in [1.82, 2.24) is 25.2 Å². The summed E-state index contributed by atoms with van der Waals surface area (Å²) in [7, 11) is 0. The quantitative estimate of drug-likeness (QED) is 0.434. The highest BCUT2D eigenvalue weighted by Gasteiger charge is 2.10. The number of nitrogens with one attached hydrogen (secondary N) is 1. The van der Waals surface area contributed by atoms with E-state index in [4.69, 9.17) is 0 Å². The van der Waals surface area contributed by atoms with Crippen LogP contribution in [0.15, 0.2) is 72.8 Å². The summed E-state index contributed by atoms with van der Waals surface area (Å²) < 4.78 is 1.87. The Bertz CT molecular complexity index is 1180. The van der Waals surface area contributed by atoms with Crippen molar-refractivity contribution in [2.45, 2.75) is 33.5 Å². The second kappa shape index (κ2) is 10.2. The Hall–Kier alpha value is -3.51. The molecule has 0 saturated carbocycles. The van der Waals surface area contributed by atoms with Crippen LogP contribution < -0.4 is 5.32 Å². The van der Waals surface area contributed by atoms with Gasteiger partial charge in [0.15, 0.2) is 0 Å². The van der Waals surface area contributed by atoms with Gasteiger partial charge in [0.25, 0.3) is 5.91 Å². The molecule has 0 aliphatic heterocycles. The highest BCUT2D eigenvalue weighted by molar-refractivity contribution is 5.94. The topological polar surface area (TPSA) is 63.1 Å². The van der Waals surface area contributed by atoms with E-state index in [0.717, 1.165) is 41.8 Å². The normalized spacial score (nSPS) is 11.2. The first-order valence-corrected chi connectivity index (χ1v) is 11.1. The minimum absolute atomic E-state index is 0.0691. The predicted molar refractivity (Wildman–Crippen MR) is 127 cm³/mol. The molecule has 1 aromatic heterocycles. The van der Waals surface area contributed by atoms with E-state index in [9.17, 15) is 4.79 Å². The summed E-state index contributed by atoms with van der Waals surface area (Å²) in [6.45, 7) is 8.38. The van der Waals surface area contributed by atoms with Gasteiger partial charge in [0.2, 0.25) is 0 Å². The van der Waals surface area contributed by atoms with Gasteiger partial charge in [-0.25, -0.2) is 4.68 Å². The van der Waals surface area contributed by atoms with E-state index in [1.165, 1.54) is 5.56 Å². The van der Waals surface area contributed by atoms with E-state index >= 15 is 0 Å². The molecule has 0 radical (unpaired) electrons. The Morgan fingerprint density at radius 3 is 2.34 bits per heavy atom. The van der Waals surface area contributed by atoms with Gasteiger partial charge in [-0.1, -0.05) is 67.6 Å². The lowest BCUT2D eigenvalue weighted by Gasteiger charge is -2.20. The molecular weight excluding hydrogens is 398 g/mol. The third-order valence-electron chi connectivity index (χ3n) is 5.81. The lowest BCUT2D eigenvalue weighted by molar-refractivity contribution is 0.0950. The van der Waals surface area contributed by atoms with Gasteiger partial charge >= 0.3 is 0 Å². The molecule has 164 valence electrons. The van der Waals surface area contributed by atoms with Crippen molar-refractivity contribution < 1.29 is 4.79 Å². The minimum Gasteiger partial charge on any atom is -0.348 e. The number of carbonyl (C=O) groups excluding carboxylic acids is 1. The van der Waals surface area contributed by atoms with Crippen molar-refractivity contribution in [3.63, 3.8) is 0 Å². The van der Waals surface area contributed by atoms with E-state index in [0.29, 0.717) is 18.7 Å². The van der Waals surface area contributed by atoms with E-state index < -0.39 is 0 Å². The lowest BCUT2D eigenvalue weighted by Crippen LogP contribution is -2.26. The number of carbonyl (C=O) groups is 1. The average Bonchev–Trinajstić information content (AvgIpc) is 3.25. The van der Waals surface area contributed by atoms with E-state index in [-0.39, 0.29) is 5.91 Å². The maximum Gasteiger partial charge on any atom is 0.251 e. The fraction of sp³-hybridized carbons (Fsp3) is 0.269. The summed E-state index contributed by atoms with van der Waals surface area (Å²) in [5, 5.41) is 11.5. The van der Waals surface area contributed by atoms with E-state index in [1.807, 2.05) is 59.3 Å². The molecule has 0 fully saturated rings. The van der Waals surface area contributed by atoms with Gasteiger partial charge < -0.3 is 5.32 Å². The van der Waals surface area contributed by atoms with Gasteiger partial charge in [-0.2, -0.15) is 0 Å². The highest BCUT2D eigenvalue weighted by atomic mass is 16.1. The summed E-state index contributed by atoms with van der Waals surface area (Å²) in [4.78, 5) is 15.1. The number of rotatable bonds is 9. The Kier molecular flexibility index (Phi) is 6.92. The molecule has 6 nitrogen and oxygen atoms in total. The molecule has 0 unspecified atom stereocenters. The van der Waals surface area contributed by atoms with Gasteiger partial charge in [0.05, 0.1) is 12.1 Å². The van der Waals surface area contributed by atoms with Gasteiger partial charge in [-0.3, -0.25) is 9.69 Å². The maximum absolute atomic E-state index is 12.7. The van der Waals surface area contributed by atoms with E-state index in [2.05, 4.69) is 52.6 Å². The van der Waals surface area contributed by atoms with Gasteiger partial charge in [-0.15, -0.1) is 5.10 Å². The first-order valence-electron chi connectivity index (χ1n) is 11.1. The van der Waals surface area contributed by atoms with Crippen molar-refractivity contribution in [2.24, 2.45) is 0 Å². The summed E-state index contributed by atoms with van der Waals surface area (Å²) in [6.07, 6.45) is 0. The van der Waals surface area contributed by atoms with Crippen LogP contribution >= 0.6 is 0 Å². The molecule has 32 heavy (non-hydrogen) atoms. The molecule has 0 saturated heterocycles. The van der Waals surface area contributed by atoms with Crippen molar-refractivity contribution in [1.29, 1.82) is 0 Å². The third kappa shape index (κ3) is 5.03. The fourth-order valence-electron chi connectivity index (χ4n) is 3.82. The monoisotopic (exact) mass is 427 g/mol. The van der Waals surface area contributed by atoms with Crippen LogP contribution in [0.4, 0.5) is 0 Å². The molecule has 0 atom stereocenters. The van der Waals surface area contributed by atoms with Crippen LogP contribution in [-0.2, 0) is 19.6 Å². The number of para-hydroxylation sites is 1. The molecule has 3 aromatic carbocycles. The van der Waals surface area contributed by atoms with Crippen LogP contribution in [0.3, 0.4) is 0 Å². The predicted octanol–water partition coefficient (Wildman–Crippen LogP) is 4.25.